The van der Waals surface area contributed by atoms with Gasteiger partial charge in [0.15, 0.2) is 12.3 Å². The number of amides is 4. The first-order valence-electron chi connectivity index (χ1n) is 11.5. The van der Waals surface area contributed by atoms with Gasteiger partial charge >= 0.3 is 16.1 Å². The zero-order valence-electron chi connectivity index (χ0n) is 21.6. The van der Waals surface area contributed by atoms with Crippen molar-refractivity contribution in [3.63, 3.8) is 0 Å². The van der Waals surface area contributed by atoms with E-state index in [-0.39, 0.29) is 59.1 Å². The van der Waals surface area contributed by atoms with Crippen LogP contribution in [-0.2, 0) is 21.4 Å². The second kappa shape index (κ2) is 12.7. The Labute approximate surface area is 226 Å². The van der Waals surface area contributed by atoms with Gasteiger partial charge in [0.25, 0.3) is 11.8 Å². The molecule has 38 heavy (non-hydrogen) atoms. The number of rotatable bonds is 11. The molecule has 0 aliphatic carbocycles. The normalized spacial score (nSPS) is 12.7. The number of amidine groups is 1. The number of nitrogens with zero attached hydrogens (tertiary/aromatic N) is 1. The number of quaternary nitrogens is 1. The van der Waals surface area contributed by atoms with Crippen molar-refractivity contribution < 1.29 is 27.5 Å². The molecule has 0 aromatic heterocycles. The second-order valence-electron chi connectivity index (χ2n) is 8.34. The number of hydrogen-bond donors (Lipinski definition) is 5. The number of benzene rings is 2. The van der Waals surface area contributed by atoms with Crippen molar-refractivity contribution in [2.45, 2.75) is 19.9 Å². The highest BCUT2D eigenvalue weighted by molar-refractivity contribution is 7.91. The van der Waals surface area contributed by atoms with Gasteiger partial charge in [0.1, 0.15) is 17.3 Å². The van der Waals surface area contributed by atoms with Crippen molar-refractivity contribution in [2.75, 3.05) is 33.5 Å². The lowest BCUT2D eigenvalue weighted by Gasteiger charge is -2.29. The molecule has 0 saturated carbocycles. The number of likely N-dealkylation sites (N-methyl/N-ethyl adjacent to an activating group) is 1. The van der Waals surface area contributed by atoms with Crippen LogP contribution in [0, 0.1) is 5.41 Å². The highest BCUT2D eigenvalue weighted by Gasteiger charge is 2.47. The molecule has 14 heteroatoms. The van der Waals surface area contributed by atoms with Gasteiger partial charge in [0.05, 0.1) is 7.05 Å². The first-order valence-corrected chi connectivity index (χ1v) is 13.5. The molecule has 0 aliphatic rings. The molecule has 0 aliphatic heterocycles. The number of nitrogens with one attached hydrogen (secondary N) is 4. The molecular formula is C24H32ClN6O6S+. The summed E-state index contributed by atoms with van der Waals surface area (Å²) in [6.45, 7) is 1.34. The smallest absolute Gasteiger partial charge is 0.436 e. The molecule has 0 saturated heterocycles. The monoisotopic (exact) mass is 567 g/mol. The van der Waals surface area contributed by atoms with E-state index in [9.17, 15) is 22.8 Å². The summed E-state index contributed by atoms with van der Waals surface area (Å²) in [4.78, 5) is 37.5. The van der Waals surface area contributed by atoms with Crippen LogP contribution in [0.3, 0.4) is 0 Å². The van der Waals surface area contributed by atoms with Gasteiger partial charge in [0.2, 0.25) is 0 Å². The molecular weight excluding hydrogens is 536 g/mol. The summed E-state index contributed by atoms with van der Waals surface area (Å²) in [6, 6.07) is 7.81. The van der Waals surface area contributed by atoms with E-state index in [4.69, 9.17) is 27.5 Å². The molecule has 0 fully saturated rings. The van der Waals surface area contributed by atoms with E-state index in [1.807, 2.05) is 0 Å². The summed E-state index contributed by atoms with van der Waals surface area (Å²) in [5.74, 6) is -1.21. The second-order valence-corrected chi connectivity index (χ2v) is 11.1. The molecule has 0 heterocycles. The average Bonchev–Trinajstić information content (AvgIpc) is 2.88. The summed E-state index contributed by atoms with van der Waals surface area (Å²) in [6.07, 6.45) is 0.286. The van der Waals surface area contributed by atoms with E-state index in [0.717, 1.165) is 0 Å². The number of halogens is 1. The number of sulfonamides is 1. The Kier molecular flexibility index (Phi) is 10.2. The molecule has 0 bridgehead atoms. The van der Waals surface area contributed by atoms with E-state index < -0.39 is 25.8 Å². The average molecular weight is 568 g/mol. The Hall–Kier alpha value is -3.68. The number of hydrogen-bond acceptors (Lipinski definition) is 7. The third kappa shape index (κ3) is 6.79. The first kappa shape index (κ1) is 30.5. The van der Waals surface area contributed by atoms with Crippen molar-refractivity contribution in [3.8, 4) is 5.75 Å². The van der Waals surface area contributed by atoms with Crippen molar-refractivity contribution in [3.05, 3.63) is 58.1 Å². The van der Waals surface area contributed by atoms with Crippen molar-refractivity contribution >= 4 is 51.0 Å². The summed E-state index contributed by atoms with van der Waals surface area (Å²) in [7, 11) is -0.0220. The van der Waals surface area contributed by atoms with Crippen molar-refractivity contribution in [1.29, 1.82) is 5.41 Å². The van der Waals surface area contributed by atoms with Gasteiger partial charge in [-0.15, -0.1) is 3.89 Å². The number of carbonyl (C=O) groups is 3. The fraction of sp³-hybridized carbons (Fsp3) is 0.333. The molecule has 4 amide bonds. The largest absolute Gasteiger partial charge is 0.483 e. The lowest BCUT2D eigenvalue weighted by Crippen LogP contribution is -2.59. The van der Waals surface area contributed by atoms with E-state index in [1.165, 1.54) is 45.4 Å². The molecule has 0 radical (unpaired) electrons. The minimum atomic E-state index is -4.02. The third-order valence-corrected chi connectivity index (χ3v) is 8.34. The van der Waals surface area contributed by atoms with Crippen LogP contribution in [0.2, 0.25) is 5.02 Å². The lowest BCUT2D eigenvalue weighted by molar-refractivity contribution is -0.122. The maximum absolute atomic E-state index is 13.1. The number of ether oxygens (including phenoxy) is 1. The summed E-state index contributed by atoms with van der Waals surface area (Å²) < 4.78 is 30.6. The highest BCUT2D eigenvalue weighted by Crippen LogP contribution is 2.31. The maximum Gasteiger partial charge on any atom is 0.436 e. The van der Waals surface area contributed by atoms with Crippen LogP contribution in [0.15, 0.2) is 36.4 Å². The Morgan fingerprint density at radius 1 is 1.08 bits per heavy atom. The van der Waals surface area contributed by atoms with E-state index >= 15 is 0 Å². The molecule has 2 aromatic carbocycles. The lowest BCUT2D eigenvalue weighted by atomic mass is 10.1. The van der Waals surface area contributed by atoms with Crippen LogP contribution < -0.4 is 30.3 Å². The van der Waals surface area contributed by atoms with Crippen LogP contribution in [0.4, 0.5) is 10.5 Å². The predicted molar refractivity (Wildman–Crippen MR) is 146 cm³/mol. The highest BCUT2D eigenvalue weighted by atomic mass is 35.5. The first-order chi connectivity index (χ1) is 17.8. The Morgan fingerprint density at radius 3 is 2.34 bits per heavy atom. The Balaban J connectivity index is 2.41. The van der Waals surface area contributed by atoms with Crippen LogP contribution in [0.5, 0.6) is 5.75 Å². The molecule has 6 N–H and O–H groups in total. The van der Waals surface area contributed by atoms with Crippen molar-refractivity contribution in [1.82, 2.24) is 19.8 Å². The van der Waals surface area contributed by atoms with Crippen LogP contribution in [0.1, 0.15) is 34.8 Å². The fourth-order valence-electron chi connectivity index (χ4n) is 3.51. The van der Waals surface area contributed by atoms with Crippen LogP contribution >= 0.6 is 11.6 Å². The topological polar surface area (TPSA) is 181 Å². The minimum absolute atomic E-state index is 0.00383. The standard InChI is InChI=1S/C24H31ClN6O6S/c1-5-8-38(35,36)31(4,24(34)29-3)19-10-17(9-18(25)12-19)23(33)30-13-16-7-6-15(22(26)27)11-20(16)37-14-21(32)28-2/h6-7,9-12H,5,8,13-14H2,1-4H3,(H5-,26,27,28,29,30,32,33,34)/p+1. The minimum Gasteiger partial charge on any atom is -0.483 e. The molecule has 12 nitrogen and oxygen atoms in total. The van der Waals surface area contributed by atoms with Crippen LogP contribution in [-0.4, -0.2) is 65.6 Å². The predicted octanol–water partition coefficient (Wildman–Crippen LogP) is 1.70. The molecule has 206 valence electrons. The van der Waals surface area contributed by atoms with Gasteiger partial charge in [-0.25, -0.2) is 4.79 Å². The fourth-order valence-corrected chi connectivity index (χ4v) is 5.39. The summed E-state index contributed by atoms with van der Waals surface area (Å²) in [5.41, 5.74) is 6.43. The van der Waals surface area contributed by atoms with E-state index in [2.05, 4.69) is 16.0 Å². The zero-order chi connectivity index (χ0) is 28.7. The number of carbonyl (C=O) groups excluding carboxylic acids is 3. The Morgan fingerprint density at radius 2 is 1.76 bits per heavy atom. The van der Waals surface area contributed by atoms with E-state index in [0.29, 0.717) is 11.1 Å². The Bertz CT molecular complexity index is 1350. The molecule has 0 spiro atoms. The molecule has 2 aromatic rings. The van der Waals surface area contributed by atoms with Crippen molar-refractivity contribution in [2.24, 2.45) is 5.73 Å². The summed E-state index contributed by atoms with van der Waals surface area (Å²) >= 11 is 6.24. The summed E-state index contributed by atoms with van der Waals surface area (Å²) in [5, 5.41) is 15.2. The van der Waals surface area contributed by atoms with Gasteiger partial charge in [-0.1, -0.05) is 30.7 Å². The molecule has 1 unspecified atom stereocenters. The molecule has 1 atom stereocenters. The SMILES string of the molecule is CCCS(=O)(=O)[N+](C)(C(=O)NC)c1cc(Cl)cc(C(=O)NCc2ccc(C(=N)N)cc2OCC(=O)NC)c1. The number of urea groups is 1. The number of nitrogen functional groups attached to an aromatic ring is 1. The van der Waals surface area contributed by atoms with Crippen LogP contribution in [0.25, 0.3) is 0 Å². The quantitative estimate of drug-likeness (QED) is 0.155. The van der Waals surface area contributed by atoms with Gasteiger partial charge in [-0.2, -0.15) is 8.42 Å². The van der Waals surface area contributed by atoms with Gasteiger partial charge < -0.3 is 26.4 Å². The maximum atomic E-state index is 13.1. The van der Waals surface area contributed by atoms with Gasteiger partial charge in [-0.05, 0) is 18.6 Å². The third-order valence-electron chi connectivity index (χ3n) is 5.71. The molecule has 2 rings (SSSR count). The zero-order valence-corrected chi connectivity index (χ0v) is 23.1. The van der Waals surface area contributed by atoms with Gasteiger partial charge in [0, 0.05) is 54.5 Å². The van der Waals surface area contributed by atoms with E-state index in [1.54, 1.807) is 19.1 Å². The number of nitrogens with two attached hydrogens (primary N) is 1. The van der Waals surface area contributed by atoms with Gasteiger partial charge in [-0.3, -0.25) is 15.0 Å².